The minimum Gasteiger partial charge on any atom is -0.444 e. The third kappa shape index (κ3) is 1.30. The zero-order valence-corrected chi connectivity index (χ0v) is 8.61. The Balaban J connectivity index is 2.88. The van der Waals surface area contributed by atoms with Crippen molar-refractivity contribution in [3.05, 3.63) is 21.2 Å². The standard InChI is InChI=1S/C6HBrCl2N2O/c7-3-1-2-4(12-3)5(8)11-6(9)10-2/h1H. The third-order valence-corrected chi connectivity index (χ3v) is 2.09. The summed E-state index contributed by atoms with van der Waals surface area (Å²) >= 11 is 14.4. The van der Waals surface area contributed by atoms with Crippen LogP contribution in [0.2, 0.25) is 10.4 Å². The fourth-order valence-electron chi connectivity index (χ4n) is 0.839. The first kappa shape index (κ1) is 8.29. The lowest BCUT2D eigenvalue weighted by Crippen LogP contribution is -1.82. The molecule has 0 radical (unpaired) electrons. The quantitative estimate of drug-likeness (QED) is 0.543. The second-order valence-electron chi connectivity index (χ2n) is 2.05. The number of furan rings is 1. The zero-order valence-electron chi connectivity index (χ0n) is 5.51. The first-order valence-electron chi connectivity index (χ1n) is 2.95. The van der Waals surface area contributed by atoms with Gasteiger partial charge in [-0.25, -0.2) is 9.97 Å². The predicted molar refractivity (Wildman–Crippen MR) is 49.5 cm³/mol. The Morgan fingerprint density at radius 3 is 2.83 bits per heavy atom. The normalized spacial score (nSPS) is 10.9. The van der Waals surface area contributed by atoms with Crippen LogP contribution in [0, 0.1) is 0 Å². The Morgan fingerprint density at radius 1 is 1.33 bits per heavy atom. The average molecular weight is 268 g/mol. The van der Waals surface area contributed by atoms with E-state index in [1.807, 2.05) is 0 Å². The van der Waals surface area contributed by atoms with Crippen LogP contribution in [0.5, 0.6) is 0 Å². The average Bonchev–Trinajstić information content (AvgIpc) is 2.29. The summed E-state index contributed by atoms with van der Waals surface area (Å²) in [6.45, 7) is 0. The van der Waals surface area contributed by atoms with Crippen LogP contribution < -0.4 is 0 Å². The molecule has 0 unspecified atom stereocenters. The van der Waals surface area contributed by atoms with E-state index in [-0.39, 0.29) is 10.4 Å². The maximum atomic E-state index is 5.73. The Morgan fingerprint density at radius 2 is 2.08 bits per heavy atom. The van der Waals surface area contributed by atoms with Crippen LogP contribution in [0.1, 0.15) is 0 Å². The van der Waals surface area contributed by atoms with Crippen molar-refractivity contribution in [1.82, 2.24) is 9.97 Å². The molecule has 0 spiro atoms. The summed E-state index contributed by atoms with van der Waals surface area (Å²) in [6, 6.07) is 1.68. The number of hydrogen-bond acceptors (Lipinski definition) is 3. The van der Waals surface area contributed by atoms with Crippen molar-refractivity contribution in [2.45, 2.75) is 0 Å². The van der Waals surface area contributed by atoms with Crippen LogP contribution in [-0.2, 0) is 0 Å². The highest BCUT2D eigenvalue weighted by atomic mass is 79.9. The van der Waals surface area contributed by atoms with E-state index < -0.39 is 0 Å². The number of aromatic nitrogens is 2. The van der Waals surface area contributed by atoms with E-state index in [0.717, 1.165) is 0 Å². The van der Waals surface area contributed by atoms with Gasteiger partial charge in [-0.15, -0.1) is 0 Å². The molecule has 0 aliphatic carbocycles. The van der Waals surface area contributed by atoms with E-state index in [0.29, 0.717) is 15.8 Å². The number of rotatable bonds is 0. The van der Waals surface area contributed by atoms with Gasteiger partial charge in [0.15, 0.2) is 15.4 Å². The number of halogens is 3. The van der Waals surface area contributed by atoms with E-state index in [1.54, 1.807) is 6.07 Å². The molecular weight excluding hydrogens is 267 g/mol. The van der Waals surface area contributed by atoms with E-state index in [1.165, 1.54) is 0 Å². The van der Waals surface area contributed by atoms with Crippen molar-refractivity contribution in [2.75, 3.05) is 0 Å². The van der Waals surface area contributed by atoms with Gasteiger partial charge < -0.3 is 4.42 Å². The van der Waals surface area contributed by atoms with E-state index >= 15 is 0 Å². The molecule has 3 nitrogen and oxygen atoms in total. The molecule has 2 rings (SSSR count). The number of nitrogens with zero attached hydrogens (tertiary/aromatic N) is 2. The van der Waals surface area contributed by atoms with Crippen molar-refractivity contribution < 1.29 is 4.42 Å². The second-order valence-corrected chi connectivity index (χ2v) is 3.53. The lowest BCUT2D eigenvalue weighted by atomic mass is 10.5. The van der Waals surface area contributed by atoms with E-state index in [4.69, 9.17) is 27.6 Å². The molecule has 0 bridgehead atoms. The summed E-state index contributed by atoms with van der Waals surface area (Å²) in [4.78, 5) is 7.62. The van der Waals surface area contributed by atoms with Gasteiger partial charge in [0.25, 0.3) is 0 Å². The van der Waals surface area contributed by atoms with Crippen molar-refractivity contribution in [1.29, 1.82) is 0 Å². The Labute approximate surface area is 85.8 Å². The molecule has 12 heavy (non-hydrogen) atoms. The largest absolute Gasteiger partial charge is 0.444 e. The molecule has 0 amide bonds. The molecule has 0 aliphatic heterocycles. The van der Waals surface area contributed by atoms with Crippen LogP contribution in [-0.4, -0.2) is 9.97 Å². The fraction of sp³-hybridized carbons (Fsp3) is 0. The van der Waals surface area contributed by atoms with Gasteiger partial charge in [-0.2, -0.15) is 0 Å². The summed E-state index contributed by atoms with van der Waals surface area (Å²) in [6.07, 6.45) is 0. The highest BCUT2D eigenvalue weighted by molar-refractivity contribution is 9.10. The highest BCUT2D eigenvalue weighted by Crippen LogP contribution is 2.27. The topological polar surface area (TPSA) is 38.9 Å². The molecule has 0 N–H and O–H groups in total. The zero-order chi connectivity index (χ0) is 8.72. The monoisotopic (exact) mass is 266 g/mol. The van der Waals surface area contributed by atoms with Gasteiger partial charge in [0, 0.05) is 6.07 Å². The summed E-state index contributed by atoms with van der Waals surface area (Å²) < 4.78 is 5.71. The maximum Gasteiger partial charge on any atom is 0.224 e. The van der Waals surface area contributed by atoms with Crippen LogP contribution in [0.15, 0.2) is 15.2 Å². The van der Waals surface area contributed by atoms with Crippen molar-refractivity contribution in [3.8, 4) is 0 Å². The van der Waals surface area contributed by atoms with Crippen molar-refractivity contribution in [2.24, 2.45) is 0 Å². The van der Waals surface area contributed by atoms with Gasteiger partial charge in [-0.3, -0.25) is 0 Å². The van der Waals surface area contributed by atoms with Gasteiger partial charge in [-0.05, 0) is 27.5 Å². The predicted octanol–water partition coefficient (Wildman–Crippen LogP) is 3.29. The SMILES string of the molecule is Clc1nc(Cl)c2oc(Br)cc2n1. The third-order valence-electron chi connectivity index (χ3n) is 1.27. The molecule has 0 aliphatic rings. The smallest absolute Gasteiger partial charge is 0.224 e. The minimum atomic E-state index is 0.112. The molecule has 62 valence electrons. The first-order valence-corrected chi connectivity index (χ1v) is 4.50. The number of fused-ring (bicyclic) bond motifs is 1. The van der Waals surface area contributed by atoms with Crippen molar-refractivity contribution in [3.63, 3.8) is 0 Å². The van der Waals surface area contributed by atoms with Crippen molar-refractivity contribution >= 4 is 50.2 Å². The minimum absolute atomic E-state index is 0.112. The maximum absolute atomic E-state index is 5.73. The Hall–Kier alpha value is -0.320. The van der Waals surface area contributed by atoms with Crippen LogP contribution >= 0.6 is 39.1 Å². The lowest BCUT2D eigenvalue weighted by molar-refractivity contribution is 0.585. The molecular formula is C6HBrCl2N2O. The molecule has 6 heteroatoms. The fourth-order valence-corrected chi connectivity index (χ4v) is 1.65. The van der Waals surface area contributed by atoms with Crippen LogP contribution in [0.4, 0.5) is 0 Å². The molecule has 0 saturated heterocycles. The number of hydrogen-bond donors (Lipinski definition) is 0. The van der Waals surface area contributed by atoms with Gasteiger partial charge >= 0.3 is 0 Å². The molecule has 0 atom stereocenters. The van der Waals surface area contributed by atoms with Crippen LogP contribution in [0.3, 0.4) is 0 Å². The van der Waals surface area contributed by atoms with Gasteiger partial charge in [-0.1, -0.05) is 11.6 Å². The van der Waals surface area contributed by atoms with E-state index in [2.05, 4.69) is 25.9 Å². The Kier molecular flexibility index (Phi) is 1.98. The van der Waals surface area contributed by atoms with E-state index in [9.17, 15) is 0 Å². The van der Waals surface area contributed by atoms with Gasteiger partial charge in [0.05, 0.1) is 0 Å². The van der Waals surface area contributed by atoms with Crippen LogP contribution in [0.25, 0.3) is 11.1 Å². The summed E-state index contributed by atoms with van der Waals surface area (Å²) in [7, 11) is 0. The van der Waals surface area contributed by atoms with Gasteiger partial charge in [0.2, 0.25) is 5.28 Å². The Bertz CT molecular complexity index is 442. The molecule has 0 aromatic carbocycles. The molecule has 2 aromatic heterocycles. The molecule has 0 saturated carbocycles. The lowest BCUT2D eigenvalue weighted by Gasteiger charge is -1.90. The molecule has 0 fully saturated rings. The summed E-state index contributed by atoms with van der Waals surface area (Å²) in [5.41, 5.74) is 1.03. The second kappa shape index (κ2) is 2.87. The molecule has 2 heterocycles. The highest BCUT2D eigenvalue weighted by Gasteiger charge is 2.09. The summed E-state index contributed by atoms with van der Waals surface area (Å²) in [5.74, 6) is 0. The molecule has 2 aromatic rings. The van der Waals surface area contributed by atoms with Gasteiger partial charge in [0.1, 0.15) is 5.52 Å². The first-order chi connectivity index (χ1) is 5.66. The summed E-state index contributed by atoms with van der Waals surface area (Å²) in [5, 5.41) is 0.330.